The van der Waals surface area contributed by atoms with Gasteiger partial charge in [-0.25, -0.2) is 0 Å². The average Bonchev–Trinajstić information content (AvgIpc) is 2.82. The molecule has 0 radical (unpaired) electrons. The van der Waals surface area contributed by atoms with Gasteiger partial charge in [-0.2, -0.15) is 0 Å². The third kappa shape index (κ3) is 5.12. The number of nitrogens with one attached hydrogen (secondary N) is 1. The summed E-state index contributed by atoms with van der Waals surface area (Å²) in [4.78, 5) is 39.1. The number of nitrogens with zero attached hydrogens (tertiary/aromatic N) is 1. The first kappa shape index (κ1) is 23.1. The number of hydrogen-bond donors (Lipinski definition) is 1. The van der Waals surface area contributed by atoms with Crippen molar-refractivity contribution in [2.75, 3.05) is 26.1 Å². The summed E-state index contributed by atoms with van der Waals surface area (Å²) in [7, 11) is 3.08. The highest BCUT2D eigenvalue weighted by atomic mass is 35.5. The van der Waals surface area contributed by atoms with Gasteiger partial charge in [-0.1, -0.05) is 11.6 Å². The van der Waals surface area contributed by atoms with Crippen molar-refractivity contribution in [2.24, 2.45) is 0 Å². The molecule has 174 valence electrons. The normalized spacial score (nSPS) is 22.2. The monoisotopic (exact) mass is 472 g/mol. The molecule has 0 aromatic heterocycles. The van der Waals surface area contributed by atoms with Crippen LogP contribution in [0.15, 0.2) is 42.5 Å². The van der Waals surface area contributed by atoms with Gasteiger partial charge >= 0.3 is 5.97 Å². The number of likely N-dealkylation sites (N-methyl/N-ethyl adjacent to an activating group) is 1. The summed E-state index contributed by atoms with van der Waals surface area (Å²) >= 11 is 5.88. The van der Waals surface area contributed by atoms with Crippen LogP contribution < -0.4 is 10.1 Å². The Morgan fingerprint density at radius 1 is 1.18 bits per heavy atom. The highest BCUT2D eigenvalue weighted by Gasteiger charge is 2.39. The van der Waals surface area contributed by atoms with Crippen LogP contribution in [0, 0.1) is 0 Å². The first-order valence-corrected chi connectivity index (χ1v) is 11.1. The standard InChI is InChI=1S/C24H25ClN2O6/c1-27-19-9-8-17(12-22(28)31-2)33-21(19)13-32-20-10-7-16(11-18(20)24(27)30)26-23(29)14-3-5-15(25)6-4-14/h3-7,10-11,17,19,21H,8-9,12-13H2,1-2H3,(H,26,29)/t17-,19-,21+/m0/s1. The van der Waals surface area contributed by atoms with E-state index in [4.69, 9.17) is 25.8 Å². The molecule has 3 atom stereocenters. The Labute approximate surface area is 196 Å². The number of anilines is 1. The highest BCUT2D eigenvalue weighted by Crippen LogP contribution is 2.32. The predicted molar refractivity (Wildman–Crippen MR) is 122 cm³/mol. The van der Waals surface area contributed by atoms with E-state index >= 15 is 0 Å². The van der Waals surface area contributed by atoms with E-state index in [-0.39, 0.29) is 49.1 Å². The third-order valence-corrected chi connectivity index (χ3v) is 6.25. The van der Waals surface area contributed by atoms with E-state index in [0.717, 1.165) is 0 Å². The van der Waals surface area contributed by atoms with E-state index in [1.807, 2.05) is 0 Å². The maximum Gasteiger partial charge on any atom is 0.308 e. The molecule has 0 bridgehead atoms. The molecule has 2 aromatic rings. The number of fused-ring (bicyclic) bond motifs is 2. The van der Waals surface area contributed by atoms with Gasteiger partial charge in [0.1, 0.15) is 18.5 Å². The molecule has 1 N–H and O–H groups in total. The van der Waals surface area contributed by atoms with Crippen LogP contribution in [-0.4, -0.2) is 61.7 Å². The number of benzene rings is 2. The Morgan fingerprint density at radius 3 is 2.67 bits per heavy atom. The van der Waals surface area contributed by atoms with Gasteiger partial charge in [0, 0.05) is 23.3 Å². The number of halogens is 1. The lowest BCUT2D eigenvalue weighted by atomic mass is 9.94. The van der Waals surface area contributed by atoms with Gasteiger partial charge in [0.25, 0.3) is 11.8 Å². The molecule has 2 amide bonds. The van der Waals surface area contributed by atoms with Crippen molar-refractivity contribution in [1.29, 1.82) is 0 Å². The SMILES string of the molecule is COC(=O)C[C@@H]1CC[C@H]2[C@@H](COc3ccc(NC(=O)c4ccc(Cl)cc4)cc3C(=O)N2C)O1. The molecular formula is C24H25ClN2O6. The quantitative estimate of drug-likeness (QED) is 0.684. The van der Waals surface area contributed by atoms with E-state index in [1.54, 1.807) is 54.4 Å². The Hall–Kier alpha value is -3.10. The number of esters is 1. The highest BCUT2D eigenvalue weighted by molar-refractivity contribution is 6.30. The van der Waals surface area contributed by atoms with Crippen LogP contribution in [-0.2, 0) is 14.3 Å². The molecule has 4 rings (SSSR count). The molecule has 1 saturated heterocycles. The molecule has 2 aliphatic rings. The summed E-state index contributed by atoms with van der Waals surface area (Å²) in [5, 5.41) is 3.35. The van der Waals surface area contributed by atoms with Gasteiger partial charge in [0.15, 0.2) is 0 Å². The smallest absolute Gasteiger partial charge is 0.308 e. The molecule has 2 heterocycles. The van der Waals surface area contributed by atoms with Crippen LogP contribution in [0.25, 0.3) is 0 Å². The van der Waals surface area contributed by atoms with Crippen molar-refractivity contribution < 1.29 is 28.6 Å². The van der Waals surface area contributed by atoms with E-state index in [9.17, 15) is 14.4 Å². The van der Waals surface area contributed by atoms with E-state index in [2.05, 4.69) is 5.32 Å². The van der Waals surface area contributed by atoms with Gasteiger partial charge in [-0.05, 0) is 55.3 Å². The van der Waals surface area contributed by atoms with Gasteiger partial charge in [0.2, 0.25) is 0 Å². The Morgan fingerprint density at radius 2 is 1.94 bits per heavy atom. The first-order chi connectivity index (χ1) is 15.9. The zero-order valence-electron chi connectivity index (χ0n) is 18.4. The van der Waals surface area contributed by atoms with Crippen molar-refractivity contribution in [3.63, 3.8) is 0 Å². The minimum atomic E-state index is -0.361. The summed E-state index contributed by atoms with van der Waals surface area (Å²) in [6.07, 6.45) is 0.859. The molecule has 2 aliphatic heterocycles. The molecule has 0 saturated carbocycles. The number of carbonyl (C=O) groups excluding carboxylic acids is 3. The van der Waals surface area contributed by atoms with Crippen LogP contribution in [0.4, 0.5) is 5.69 Å². The van der Waals surface area contributed by atoms with Crippen LogP contribution in [0.5, 0.6) is 5.75 Å². The van der Waals surface area contributed by atoms with E-state index in [0.29, 0.717) is 40.4 Å². The molecule has 0 aliphatic carbocycles. The van der Waals surface area contributed by atoms with Gasteiger partial charge < -0.3 is 24.4 Å². The Bertz CT molecular complexity index is 1060. The molecular weight excluding hydrogens is 448 g/mol. The minimum Gasteiger partial charge on any atom is -0.490 e. The predicted octanol–water partition coefficient (Wildman–Crippen LogP) is 3.54. The second-order valence-electron chi connectivity index (χ2n) is 8.12. The lowest BCUT2D eigenvalue weighted by molar-refractivity contribution is -0.151. The van der Waals surface area contributed by atoms with Gasteiger partial charge in [-0.15, -0.1) is 0 Å². The first-order valence-electron chi connectivity index (χ1n) is 10.7. The molecule has 33 heavy (non-hydrogen) atoms. The number of methoxy groups -OCH3 is 1. The molecule has 2 aromatic carbocycles. The molecule has 0 spiro atoms. The number of ether oxygens (including phenoxy) is 3. The lowest BCUT2D eigenvalue weighted by Gasteiger charge is -2.42. The fraction of sp³-hybridized carbons (Fsp3) is 0.375. The van der Waals surface area contributed by atoms with E-state index in [1.165, 1.54) is 7.11 Å². The largest absolute Gasteiger partial charge is 0.490 e. The van der Waals surface area contributed by atoms with Crippen molar-refractivity contribution >= 4 is 35.1 Å². The van der Waals surface area contributed by atoms with Crippen molar-refractivity contribution in [2.45, 2.75) is 37.5 Å². The summed E-state index contributed by atoms with van der Waals surface area (Å²) in [6.45, 7) is 0.240. The Kier molecular flexibility index (Phi) is 6.85. The summed E-state index contributed by atoms with van der Waals surface area (Å²) in [5.41, 5.74) is 1.30. The summed E-state index contributed by atoms with van der Waals surface area (Å²) < 4.78 is 16.8. The van der Waals surface area contributed by atoms with Gasteiger partial charge in [-0.3, -0.25) is 14.4 Å². The second-order valence-corrected chi connectivity index (χ2v) is 8.56. The zero-order chi connectivity index (χ0) is 23.5. The fourth-order valence-electron chi connectivity index (χ4n) is 4.18. The zero-order valence-corrected chi connectivity index (χ0v) is 19.1. The van der Waals surface area contributed by atoms with Crippen molar-refractivity contribution in [3.05, 3.63) is 58.6 Å². The summed E-state index contributed by atoms with van der Waals surface area (Å²) in [5.74, 6) is -0.449. The summed E-state index contributed by atoms with van der Waals surface area (Å²) in [6, 6.07) is 11.3. The minimum absolute atomic E-state index is 0.171. The maximum atomic E-state index is 13.3. The molecule has 0 unspecified atom stereocenters. The van der Waals surface area contributed by atoms with Crippen LogP contribution in [0.1, 0.15) is 40.0 Å². The number of carbonyl (C=O) groups is 3. The van der Waals surface area contributed by atoms with E-state index < -0.39 is 0 Å². The molecule has 9 heteroatoms. The molecule has 1 fully saturated rings. The van der Waals surface area contributed by atoms with Crippen LogP contribution in [0.3, 0.4) is 0 Å². The van der Waals surface area contributed by atoms with Gasteiger partial charge in [0.05, 0.1) is 31.2 Å². The maximum absolute atomic E-state index is 13.3. The number of amides is 2. The van der Waals surface area contributed by atoms with Crippen molar-refractivity contribution in [3.8, 4) is 5.75 Å². The fourth-order valence-corrected chi connectivity index (χ4v) is 4.31. The van der Waals surface area contributed by atoms with Crippen LogP contribution in [0.2, 0.25) is 5.02 Å². The topological polar surface area (TPSA) is 94.2 Å². The number of rotatable bonds is 4. The lowest BCUT2D eigenvalue weighted by Crippen LogP contribution is -2.53. The second kappa shape index (κ2) is 9.80. The van der Waals surface area contributed by atoms with Crippen molar-refractivity contribution in [1.82, 2.24) is 4.90 Å². The third-order valence-electron chi connectivity index (χ3n) is 6.00. The Balaban J connectivity index is 1.51. The number of hydrogen-bond acceptors (Lipinski definition) is 6. The molecule has 8 nitrogen and oxygen atoms in total. The van der Waals surface area contributed by atoms with Crippen LogP contribution >= 0.6 is 11.6 Å². The average molecular weight is 473 g/mol.